The summed E-state index contributed by atoms with van der Waals surface area (Å²) >= 11 is 15.1. The highest BCUT2D eigenvalue weighted by Gasteiger charge is 2.34. The minimum absolute atomic E-state index is 0.0214. The van der Waals surface area contributed by atoms with Gasteiger partial charge in [-0.2, -0.15) is 0 Å². The van der Waals surface area contributed by atoms with Crippen LogP contribution >= 0.6 is 46.3 Å². The van der Waals surface area contributed by atoms with Crippen molar-refractivity contribution in [2.24, 2.45) is 0 Å². The molecule has 29 heavy (non-hydrogen) atoms. The predicted molar refractivity (Wildman–Crippen MR) is 121 cm³/mol. The van der Waals surface area contributed by atoms with E-state index in [1.54, 1.807) is 36.8 Å². The molecule has 152 valence electrons. The summed E-state index contributed by atoms with van der Waals surface area (Å²) in [7, 11) is 3.50. The second kappa shape index (κ2) is 8.22. The van der Waals surface area contributed by atoms with E-state index >= 15 is 0 Å². The number of fused-ring (bicyclic) bond motifs is 2. The number of carbonyl (C=O) groups excluding carboxylic acids is 2. The van der Waals surface area contributed by atoms with Crippen LogP contribution in [0.2, 0.25) is 9.36 Å². The number of halogens is 2. The van der Waals surface area contributed by atoms with Crippen molar-refractivity contribution >= 4 is 68.3 Å². The lowest BCUT2D eigenvalue weighted by Crippen LogP contribution is -2.37. The Bertz CT molecular complexity index is 1090. The van der Waals surface area contributed by atoms with Crippen molar-refractivity contribution in [1.29, 1.82) is 0 Å². The van der Waals surface area contributed by atoms with Gasteiger partial charge in [0.25, 0.3) is 5.91 Å². The van der Waals surface area contributed by atoms with Gasteiger partial charge in [0.15, 0.2) is 0 Å². The number of hydrogen-bond donors (Lipinski definition) is 2. The van der Waals surface area contributed by atoms with Gasteiger partial charge in [-0.15, -0.1) is 23.1 Å². The summed E-state index contributed by atoms with van der Waals surface area (Å²) in [5, 5.41) is 3.60. The SMILES string of the molecule is CN(C)C(=O)CS[C@H]1c2ccccc2C[C@H]1NC(=O)c1cc2sc(Cl)c(Cl)c2[nH]1. The van der Waals surface area contributed by atoms with Gasteiger partial charge in [0.1, 0.15) is 10.0 Å². The van der Waals surface area contributed by atoms with E-state index in [4.69, 9.17) is 23.2 Å². The number of aromatic nitrogens is 1. The summed E-state index contributed by atoms with van der Waals surface area (Å²) in [5.74, 6) is 0.230. The summed E-state index contributed by atoms with van der Waals surface area (Å²) in [6.07, 6.45) is 0.734. The van der Waals surface area contributed by atoms with E-state index in [1.807, 2.05) is 12.1 Å². The Hall–Kier alpha value is -1.67. The van der Waals surface area contributed by atoms with Crippen LogP contribution in [0, 0.1) is 0 Å². The number of nitrogens with one attached hydrogen (secondary N) is 2. The second-order valence-corrected chi connectivity index (χ2v) is 10.3. The number of carbonyl (C=O) groups is 2. The first-order valence-corrected chi connectivity index (χ1v) is 11.6. The Balaban J connectivity index is 1.53. The molecule has 2 N–H and O–H groups in total. The standard InChI is InChI=1S/C20H19Cl2N3O2S2/c1-25(2)15(26)9-28-18-11-6-4-3-5-10(11)7-12(18)24-20(27)13-8-14-17(23-13)16(21)19(22)29-14/h3-6,8,12,18,23H,7,9H2,1-2H3,(H,24,27)/t12-,18+/m1/s1. The van der Waals surface area contributed by atoms with E-state index in [2.05, 4.69) is 22.4 Å². The molecule has 0 unspecified atom stereocenters. The number of benzene rings is 1. The fraction of sp³-hybridized carbons (Fsp3) is 0.300. The van der Waals surface area contributed by atoms with Crippen LogP contribution < -0.4 is 5.32 Å². The Labute approximate surface area is 186 Å². The summed E-state index contributed by atoms with van der Waals surface area (Å²) in [6, 6.07) is 9.82. The molecule has 2 amide bonds. The lowest BCUT2D eigenvalue weighted by atomic mass is 10.1. The third kappa shape index (κ3) is 4.01. The molecule has 1 aromatic carbocycles. The monoisotopic (exact) mass is 467 g/mol. The molecule has 1 aliphatic rings. The molecule has 0 bridgehead atoms. The number of hydrogen-bond acceptors (Lipinski definition) is 4. The fourth-order valence-electron chi connectivity index (χ4n) is 3.47. The highest BCUT2D eigenvalue weighted by molar-refractivity contribution is 8.00. The smallest absolute Gasteiger partial charge is 0.268 e. The number of aromatic amines is 1. The van der Waals surface area contributed by atoms with Crippen LogP contribution in [0.5, 0.6) is 0 Å². The van der Waals surface area contributed by atoms with Crippen LogP contribution in [0.25, 0.3) is 10.2 Å². The van der Waals surface area contributed by atoms with Crippen LogP contribution in [-0.4, -0.2) is 47.6 Å². The van der Waals surface area contributed by atoms with E-state index < -0.39 is 0 Å². The quantitative estimate of drug-likeness (QED) is 0.568. The minimum Gasteiger partial charge on any atom is -0.349 e. The minimum atomic E-state index is -0.192. The molecule has 0 aliphatic heterocycles. The first-order valence-electron chi connectivity index (χ1n) is 9.02. The largest absolute Gasteiger partial charge is 0.349 e. The molecule has 1 aliphatic carbocycles. The molecule has 0 saturated heterocycles. The van der Waals surface area contributed by atoms with E-state index in [0.717, 1.165) is 11.1 Å². The van der Waals surface area contributed by atoms with Crippen LogP contribution in [-0.2, 0) is 11.2 Å². The Morgan fingerprint density at radius 1 is 1.31 bits per heavy atom. The van der Waals surface area contributed by atoms with Gasteiger partial charge >= 0.3 is 0 Å². The van der Waals surface area contributed by atoms with Crippen LogP contribution in [0.4, 0.5) is 0 Å². The summed E-state index contributed by atoms with van der Waals surface area (Å²) in [5.41, 5.74) is 3.52. The maximum Gasteiger partial charge on any atom is 0.268 e. The number of thiophene rings is 1. The molecule has 4 rings (SSSR count). The molecule has 2 aromatic heterocycles. The second-order valence-electron chi connectivity index (χ2n) is 7.11. The van der Waals surface area contributed by atoms with E-state index in [0.29, 0.717) is 26.3 Å². The van der Waals surface area contributed by atoms with Crippen molar-refractivity contribution in [3.8, 4) is 0 Å². The normalized spacial score (nSPS) is 18.1. The molecule has 0 spiro atoms. The Kier molecular flexibility index (Phi) is 5.84. The molecule has 9 heteroatoms. The molecule has 0 saturated carbocycles. The maximum atomic E-state index is 12.9. The number of thioether (sulfide) groups is 1. The Morgan fingerprint density at radius 2 is 2.07 bits per heavy atom. The average Bonchev–Trinajstić information content (AvgIpc) is 3.33. The zero-order valence-electron chi connectivity index (χ0n) is 15.8. The first-order chi connectivity index (χ1) is 13.8. The molecule has 0 radical (unpaired) electrons. The zero-order valence-corrected chi connectivity index (χ0v) is 18.9. The molecule has 2 heterocycles. The van der Waals surface area contributed by atoms with Crippen LogP contribution in [0.3, 0.4) is 0 Å². The highest BCUT2D eigenvalue weighted by Crippen LogP contribution is 2.42. The highest BCUT2D eigenvalue weighted by atomic mass is 35.5. The van der Waals surface area contributed by atoms with E-state index in [9.17, 15) is 9.59 Å². The van der Waals surface area contributed by atoms with E-state index in [1.165, 1.54) is 22.5 Å². The van der Waals surface area contributed by atoms with Crippen molar-refractivity contribution in [2.75, 3.05) is 19.8 Å². The first kappa shape index (κ1) is 20.6. The van der Waals surface area contributed by atoms with Gasteiger partial charge in [-0.05, 0) is 23.6 Å². The van der Waals surface area contributed by atoms with Gasteiger partial charge in [-0.25, -0.2) is 0 Å². The molecular weight excluding hydrogens is 449 g/mol. The van der Waals surface area contributed by atoms with Crippen molar-refractivity contribution in [2.45, 2.75) is 17.7 Å². The molecule has 5 nitrogen and oxygen atoms in total. The summed E-state index contributed by atoms with van der Waals surface area (Å²) in [4.78, 5) is 29.7. The summed E-state index contributed by atoms with van der Waals surface area (Å²) < 4.78 is 1.36. The van der Waals surface area contributed by atoms with Gasteiger partial charge < -0.3 is 15.2 Å². The van der Waals surface area contributed by atoms with Gasteiger partial charge in [0.2, 0.25) is 5.91 Å². The number of amides is 2. The van der Waals surface area contributed by atoms with Gasteiger partial charge in [0.05, 0.1) is 26.2 Å². The number of H-pyrrole nitrogens is 1. The maximum absolute atomic E-state index is 12.9. The zero-order chi connectivity index (χ0) is 20.7. The number of nitrogens with zero attached hydrogens (tertiary/aromatic N) is 1. The molecule has 0 fully saturated rings. The Morgan fingerprint density at radius 3 is 2.79 bits per heavy atom. The topological polar surface area (TPSA) is 65.2 Å². The van der Waals surface area contributed by atoms with Gasteiger partial charge in [-0.3, -0.25) is 9.59 Å². The van der Waals surface area contributed by atoms with Crippen molar-refractivity contribution in [3.63, 3.8) is 0 Å². The predicted octanol–water partition coefficient (Wildman–Crippen LogP) is 4.75. The summed E-state index contributed by atoms with van der Waals surface area (Å²) in [6.45, 7) is 0. The van der Waals surface area contributed by atoms with Gasteiger partial charge in [0, 0.05) is 20.1 Å². The number of rotatable bonds is 5. The third-order valence-corrected chi connectivity index (χ3v) is 8.27. The lowest BCUT2D eigenvalue weighted by molar-refractivity contribution is -0.125. The lowest BCUT2D eigenvalue weighted by Gasteiger charge is -2.22. The van der Waals surface area contributed by atoms with Gasteiger partial charge in [-0.1, -0.05) is 47.5 Å². The van der Waals surface area contributed by atoms with E-state index in [-0.39, 0.29) is 23.1 Å². The fourth-order valence-corrected chi connectivity index (χ4v) is 6.34. The van der Waals surface area contributed by atoms with Crippen molar-refractivity contribution < 1.29 is 9.59 Å². The molecule has 2 atom stereocenters. The average molecular weight is 468 g/mol. The van der Waals surface area contributed by atoms with Crippen LogP contribution in [0.1, 0.15) is 26.9 Å². The third-order valence-electron chi connectivity index (χ3n) is 4.99. The molecule has 3 aromatic rings. The van der Waals surface area contributed by atoms with Crippen molar-refractivity contribution in [3.05, 3.63) is 56.5 Å². The molecular formula is C20H19Cl2N3O2S2. The van der Waals surface area contributed by atoms with Crippen LogP contribution in [0.15, 0.2) is 30.3 Å². The van der Waals surface area contributed by atoms with Crippen molar-refractivity contribution in [1.82, 2.24) is 15.2 Å².